The third-order valence-corrected chi connectivity index (χ3v) is 9.35. The first-order valence-electron chi connectivity index (χ1n) is 16.7. The zero-order chi connectivity index (χ0) is 31.7. The van der Waals surface area contributed by atoms with Gasteiger partial charge < -0.3 is 16.1 Å². The summed E-state index contributed by atoms with van der Waals surface area (Å²) in [6.45, 7) is 30.1. The second-order valence-electron chi connectivity index (χ2n) is 14.5. The van der Waals surface area contributed by atoms with Gasteiger partial charge in [-0.15, -0.1) is 0 Å². The Labute approximate surface area is 278 Å². The van der Waals surface area contributed by atoms with Crippen molar-refractivity contribution in [3.05, 3.63) is 68.8 Å². The molecule has 0 aromatic heterocycles. The molecule has 0 bridgehead atoms. The Hall–Kier alpha value is -0.871. The average molecular weight is 663 g/mol. The Kier molecular flexibility index (Phi) is 17.7. The summed E-state index contributed by atoms with van der Waals surface area (Å²) < 4.78 is 0. The summed E-state index contributed by atoms with van der Waals surface area (Å²) in [5.41, 5.74) is 12.2. The van der Waals surface area contributed by atoms with E-state index in [1.165, 1.54) is 59.1 Å². The fourth-order valence-corrected chi connectivity index (χ4v) is 6.70. The van der Waals surface area contributed by atoms with Crippen molar-refractivity contribution in [3.63, 3.8) is 0 Å². The Morgan fingerprint density at radius 3 is 1.00 bits per heavy atom. The largest absolute Gasteiger partial charge is 0.870 e. The smallest absolute Gasteiger partial charge is 0.870 e. The monoisotopic (exact) mass is 661 g/mol. The number of hydrogen-bond donors (Lipinski definition) is 2. The molecule has 43 heavy (non-hydrogen) atoms. The Morgan fingerprint density at radius 1 is 0.535 bits per heavy atom. The maximum atomic E-state index is 4.20. The van der Waals surface area contributed by atoms with Crippen LogP contribution in [0, 0.1) is 0 Å². The van der Waals surface area contributed by atoms with Gasteiger partial charge in [0.15, 0.2) is 0 Å². The SMILES string of the molecule is CC(C)c1cc(C(C)C)c(CN[C@@H]2CCCC[C@H]2NCc2c(C(C)C)cc(C(C)C)cc2C(C)C)c(C(C)C)c1.[Cl][Cu+].[OH-]. The molecule has 3 N–H and O–H groups in total. The number of benzene rings is 2. The van der Waals surface area contributed by atoms with Gasteiger partial charge in [0.05, 0.1) is 0 Å². The van der Waals surface area contributed by atoms with Crippen LogP contribution in [0.15, 0.2) is 24.3 Å². The first kappa shape index (κ1) is 40.2. The number of nitrogens with one attached hydrogen (secondary N) is 2. The Balaban J connectivity index is 0.00000302. The van der Waals surface area contributed by atoms with E-state index in [0.29, 0.717) is 47.6 Å². The van der Waals surface area contributed by atoms with E-state index >= 15 is 0 Å². The van der Waals surface area contributed by atoms with Gasteiger partial charge in [-0.25, -0.2) is 0 Å². The van der Waals surface area contributed by atoms with Crippen molar-refractivity contribution in [3.8, 4) is 0 Å². The van der Waals surface area contributed by atoms with Crippen LogP contribution in [0.2, 0.25) is 0 Å². The summed E-state index contributed by atoms with van der Waals surface area (Å²) in [4.78, 5) is 0. The van der Waals surface area contributed by atoms with Crippen LogP contribution in [0.25, 0.3) is 0 Å². The first-order valence-corrected chi connectivity index (χ1v) is 18.0. The molecular weight excluding hydrogens is 599 g/mol. The molecule has 1 fully saturated rings. The van der Waals surface area contributed by atoms with E-state index in [4.69, 9.17) is 0 Å². The Bertz CT molecular complexity index is 964. The van der Waals surface area contributed by atoms with Gasteiger partial charge >= 0.3 is 25.2 Å². The summed E-state index contributed by atoms with van der Waals surface area (Å²) >= 11 is 3.66. The summed E-state index contributed by atoms with van der Waals surface area (Å²) in [6.07, 6.45) is 5.17. The zero-order valence-corrected chi connectivity index (χ0v) is 31.0. The summed E-state index contributed by atoms with van der Waals surface area (Å²) in [6, 6.07) is 11.0. The second kappa shape index (κ2) is 18.9. The zero-order valence-electron chi connectivity index (χ0n) is 29.3. The van der Waals surface area contributed by atoms with Gasteiger partial charge in [0.1, 0.15) is 0 Å². The summed E-state index contributed by atoms with van der Waals surface area (Å²) in [5, 5.41) is 8.20. The van der Waals surface area contributed by atoms with E-state index in [9.17, 15) is 0 Å². The van der Waals surface area contributed by atoms with Crippen molar-refractivity contribution in [2.24, 2.45) is 0 Å². The maximum Gasteiger partial charge on any atom is -0.870 e. The number of hydrogen-bond acceptors (Lipinski definition) is 3. The van der Waals surface area contributed by atoms with Crippen LogP contribution in [0.3, 0.4) is 0 Å². The fraction of sp³-hybridized carbons (Fsp3) is 0.684. The van der Waals surface area contributed by atoms with Crippen LogP contribution in [0.1, 0.15) is 189 Å². The van der Waals surface area contributed by atoms with Crippen LogP contribution in [-0.4, -0.2) is 17.6 Å². The first-order chi connectivity index (χ1) is 19.8. The minimum absolute atomic E-state index is 0. The molecule has 0 amide bonds. The molecule has 1 aliphatic carbocycles. The van der Waals surface area contributed by atoms with Crippen molar-refractivity contribution in [2.45, 2.75) is 169 Å². The van der Waals surface area contributed by atoms with E-state index in [-0.39, 0.29) is 5.48 Å². The van der Waals surface area contributed by atoms with Crippen LogP contribution in [0.4, 0.5) is 0 Å². The van der Waals surface area contributed by atoms with Gasteiger partial charge in [-0.1, -0.05) is 120 Å². The molecule has 3 nitrogen and oxygen atoms in total. The molecule has 1 aliphatic rings. The molecule has 2 aromatic carbocycles. The quantitative estimate of drug-likeness (QED) is 0.222. The minimum atomic E-state index is 0. The van der Waals surface area contributed by atoms with Crippen molar-refractivity contribution in [1.82, 2.24) is 10.6 Å². The molecule has 0 radical (unpaired) electrons. The summed E-state index contributed by atoms with van der Waals surface area (Å²) in [5.74, 6) is 3.25. The van der Waals surface area contributed by atoms with Crippen LogP contribution < -0.4 is 10.6 Å². The van der Waals surface area contributed by atoms with Crippen molar-refractivity contribution in [2.75, 3.05) is 0 Å². The second-order valence-corrected chi connectivity index (χ2v) is 14.5. The summed E-state index contributed by atoms with van der Waals surface area (Å²) in [7, 11) is 4.20. The average Bonchev–Trinajstić information content (AvgIpc) is 2.95. The number of halogens is 1. The van der Waals surface area contributed by atoms with Gasteiger partial charge in [-0.3, -0.25) is 0 Å². The third-order valence-electron chi connectivity index (χ3n) is 9.35. The fourth-order valence-electron chi connectivity index (χ4n) is 6.70. The van der Waals surface area contributed by atoms with Crippen LogP contribution >= 0.6 is 10.1 Å². The number of rotatable bonds is 12. The molecule has 0 heterocycles. The molecule has 0 unspecified atom stereocenters. The topological polar surface area (TPSA) is 54.1 Å². The molecule has 5 heteroatoms. The standard InChI is InChI=1S/C38H62N2.ClH.Cu.H2O/c1-23(2)29-17-31(25(5)6)35(32(18-29)26(7)8)21-39-37-15-13-14-16-38(37)40-22-36-33(27(9)10)19-30(24(3)4)20-34(36)28(11)12;;;/h17-20,23-28,37-40H,13-16,21-22H2,1-12H3;1H;;1H2/q;;+2;/p-2/t37-,38-;;;/m1.../s1. The maximum absolute atomic E-state index is 4.20. The van der Waals surface area contributed by atoms with Crippen molar-refractivity contribution in [1.29, 1.82) is 0 Å². The molecule has 3 rings (SSSR count). The third kappa shape index (κ3) is 10.9. The predicted molar refractivity (Wildman–Crippen MR) is 185 cm³/mol. The van der Waals surface area contributed by atoms with Gasteiger partial charge in [-0.2, -0.15) is 0 Å². The molecule has 0 aliphatic heterocycles. The van der Waals surface area contributed by atoms with E-state index in [1.807, 2.05) is 0 Å². The van der Waals surface area contributed by atoms with Crippen LogP contribution in [-0.2, 0) is 28.2 Å². The van der Waals surface area contributed by atoms with Crippen LogP contribution in [0.5, 0.6) is 0 Å². The molecular formula is C38H63ClCuN2O. The minimum Gasteiger partial charge on any atom is -0.870 e. The molecule has 0 saturated heterocycles. The van der Waals surface area contributed by atoms with E-state index in [0.717, 1.165) is 13.1 Å². The molecule has 2 aromatic rings. The van der Waals surface area contributed by atoms with E-state index < -0.39 is 0 Å². The molecule has 1 saturated carbocycles. The van der Waals surface area contributed by atoms with Gasteiger partial charge in [0.2, 0.25) is 0 Å². The Morgan fingerprint density at radius 2 is 0.791 bits per heavy atom. The van der Waals surface area contributed by atoms with Gasteiger partial charge in [-0.05, 0) is 92.9 Å². The van der Waals surface area contributed by atoms with Gasteiger partial charge in [0, 0.05) is 25.2 Å². The van der Waals surface area contributed by atoms with Crippen molar-refractivity contribution < 1.29 is 20.6 Å². The predicted octanol–water partition coefficient (Wildman–Crippen LogP) is 11.1. The van der Waals surface area contributed by atoms with Gasteiger partial charge in [0.25, 0.3) is 0 Å². The van der Waals surface area contributed by atoms with E-state index in [2.05, 4.69) is 143 Å². The van der Waals surface area contributed by atoms with E-state index in [1.54, 1.807) is 11.1 Å². The van der Waals surface area contributed by atoms with Crippen molar-refractivity contribution >= 4 is 10.1 Å². The molecule has 0 spiro atoms. The molecule has 249 valence electrons. The normalized spacial score (nSPS) is 17.2. The molecule has 2 atom stereocenters.